The van der Waals surface area contributed by atoms with Crippen LogP contribution < -0.4 is 0 Å². The first kappa shape index (κ1) is 14.2. The van der Waals surface area contributed by atoms with E-state index in [0.717, 1.165) is 12.3 Å². The minimum Gasteiger partial charge on any atom is -0.305 e. The second kappa shape index (κ2) is 6.68. The van der Waals surface area contributed by atoms with Crippen molar-refractivity contribution in [3.63, 3.8) is 0 Å². The molecule has 0 aliphatic carbocycles. The van der Waals surface area contributed by atoms with Crippen molar-refractivity contribution in [3.8, 4) is 0 Å². The Kier molecular flexibility index (Phi) is 5.95. The summed E-state index contributed by atoms with van der Waals surface area (Å²) in [6.45, 7) is 3.41. The van der Waals surface area contributed by atoms with Crippen LogP contribution in [-0.4, -0.2) is 26.7 Å². The zero-order valence-electron chi connectivity index (χ0n) is 8.88. The van der Waals surface area contributed by atoms with E-state index in [-0.39, 0.29) is 4.91 Å². The predicted molar refractivity (Wildman–Crippen MR) is 65.2 cm³/mol. The highest BCUT2D eigenvalue weighted by Gasteiger charge is 2.05. The number of hydrogen-bond donors (Lipinski definition) is 1. The lowest BCUT2D eigenvalue weighted by molar-refractivity contribution is -0.108. The fraction of sp³-hybridized carbons (Fsp3) is 0.0909. The minimum atomic E-state index is -3.29. The first-order valence-electron chi connectivity index (χ1n) is 4.33. The Labute approximate surface area is 95.1 Å². The van der Waals surface area contributed by atoms with Gasteiger partial charge in [0.2, 0.25) is 0 Å². The molecule has 4 nitrogen and oxygen atoms in total. The highest BCUT2D eigenvalue weighted by Crippen LogP contribution is 2.06. The topological polar surface area (TPSA) is 75.1 Å². The number of ketones is 1. The van der Waals surface area contributed by atoms with Gasteiger partial charge in [0.15, 0.2) is 15.6 Å². The van der Waals surface area contributed by atoms with Crippen LogP contribution in [0.1, 0.15) is 0 Å². The van der Waals surface area contributed by atoms with Crippen LogP contribution in [0.15, 0.2) is 47.9 Å². The SMILES string of the molecule is C=C/C=C(/C=C\C=C\C(=O)C=N)S(C)(=O)=O. The van der Waals surface area contributed by atoms with Crippen molar-refractivity contribution in [2.75, 3.05) is 6.26 Å². The van der Waals surface area contributed by atoms with E-state index in [4.69, 9.17) is 5.41 Å². The summed E-state index contributed by atoms with van der Waals surface area (Å²) >= 11 is 0. The van der Waals surface area contributed by atoms with Crippen LogP contribution in [0.5, 0.6) is 0 Å². The number of carbonyl (C=O) groups excluding carboxylic acids is 1. The molecule has 0 unspecified atom stereocenters. The van der Waals surface area contributed by atoms with Crippen LogP contribution in [0, 0.1) is 5.41 Å². The maximum atomic E-state index is 11.2. The van der Waals surface area contributed by atoms with Crippen molar-refractivity contribution in [3.05, 3.63) is 47.9 Å². The Balaban J connectivity index is 4.81. The summed E-state index contributed by atoms with van der Waals surface area (Å²) in [7, 11) is -3.29. The van der Waals surface area contributed by atoms with Crippen LogP contribution in [0.3, 0.4) is 0 Å². The molecule has 0 radical (unpaired) electrons. The van der Waals surface area contributed by atoms with Crippen LogP contribution in [0.2, 0.25) is 0 Å². The van der Waals surface area contributed by atoms with E-state index in [9.17, 15) is 13.2 Å². The largest absolute Gasteiger partial charge is 0.305 e. The van der Waals surface area contributed by atoms with E-state index in [1.165, 1.54) is 30.4 Å². The molecule has 0 aromatic carbocycles. The van der Waals surface area contributed by atoms with Crippen LogP contribution in [0.4, 0.5) is 0 Å². The van der Waals surface area contributed by atoms with E-state index >= 15 is 0 Å². The summed E-state index contributed by atoms with van der Waals surface area (Å²) in [6, 6.07) is 0. The maximum Gasteiger partial charge on any atom is 0.196 e. The Hall–Kier alpha value is -1.75. The lowest BCUT2D eigenvalue weighted by Crippen LogP contribution is -1.97. The van der Waals surface area contributed by atoms with Gasteiger partial charge in [-0.2, -0.15) is 0 Å². The second-order valence-corrected chi connectivity index (χ2v) is 4.86. The fourth-order valence-electron chi connectivity index (χ4n) is 0.768. The average molecular weight is 239 g/mol. The number of sulfone groups is 1. The first-order valence-corrected chi connectivity index (χ1v) is 6.23. The quantitative estimate of drug-likeness (QED) is 0.433. The number of nitrogens with one attached hydrogen (secondary N) is 1. The molecular weight excluding hydrogens is 226 g/mol. The maximum absolute atomic E-state index is 11.2. The third kappa shape index (κ3) is 5.87. The van der Waals surface area contributed by atoms with Gasteiger partial charge in [0.25, 0.3) is 0 Å². The molecule has 16 heavy (non-hydrogen) atoms. The number of allylic oxidation sites excluding steroid dienone is 6. The Morgan fingerprint density at radius 1 is 1.25 bits per heavy atom. The van der Waals surface area contributed by atoms with Gasteiger partial charge < -0.3 is 5.41 Å². The molecule has 0 saturated heterocycles. The monoisotopic (exact) mass is 239 g/mol. The number of carbonyl (C=O) groups is 1. The Morgan fingerprint density at radius 3 is 2.25 bits per heavy atom. The van der Waals surface area contributed by atoms with Crippen molar-refractivity contribution in [1.29, 1.82) is 5.41 Å². The van der Waals surface area contributed by atoms with Crippen LogP contribution in [-0.2, 0) is 14.6 Å². The summed E-state index contributed by atoms with van der Waals surface area (Å²) in [5.41, 5.74) is 0. The van der Waals surface area contributed by atoms with E-state index in [1.807, 2.05) is 0 Å². The van der Waals surface area contributed by atoms with Crippen molar-refractivity contribution in [2.24, 2.45) is 0 Å². The molecule has 86 valence electrons. The van der Waals surface area contributed by atoms with Gasteiger partial charge in [-0.15, -0.1) is 0 Å². The van der Waals surface area contributed by atoms with Crippen molar-refractivity contribution >= 4 is 21.8 Å². The van der Waals surface area contributed by atoms with E-state index < -0.39 is 15.6 Å². The molecule has 0 bridgehead atoms. The summed E-state index contributed by atoms with van der Waals surface area (Å²) in [6.07, 6.45) is 9.78. The number of rotatable bonds is 6. The van der Waals surface area contributed by atoms with Crippen molar-refractivity contribution < 1.29 is 13.2 Å². The van der Waals surface area contributed by atoms with Crippen LogP contribution >= 0.6 is 0 Å². The molecule has 0 fully saturated rings. The van der Waals surface area contributed by atoms with Crippen molar-refractivity contribution in [1.82, 2.24) is 0 Å². The molecule has 0 rings (SSSR count). The van der Waals surface area contributed by atoms with E-state index in [1.54, 1.807) is 0 Å². The highest BCUT2D eigenvalue weighted by molar-refractivity contribution is 7.94. The van der Waals surface area contributed by atoms with Gasteiger partial charge in [0.05, 0.1) is 11.1 Å². The number of hydrogen-bond acceptors (Lipinski definition) is 4. The molecule has 0 aromatic rings. The molecule has 0 heterocycles. The molecule has 0 aromatic heterocycles. The van der Waals surface area contributed by atoms with Gasteiger partial charge in [-0.3, -0.25) is 4.79 Å². The standard InChI is InChI=1S/C11H13NO3S/c1-3-6-11(16(2,14)15)8-5-4-7-10(13)9-12/h3-9,12H,1H2,2H3/b7-4+,8-5-,11-6-,12-9?. The summed E-state index contributed by atoms with van der Waals surface area (Å²) in [4.78, 5) is 10.8. The third-order valence-electron chi connectivity index (χ3n) is 1.48. The lowest BCUT2D eigenvalue weighted by Gasteiger charge is -1.95. The summed E-state index contributed by atoms with van der Waals surface area (Å²) in [5.74, 6) is -0.460. The molecule has 0 saturated carbocycles. The van der Waals surface area contributed by atoms with E-state index in [2.05, 4.69) is 6.58 Å². The molecular formula is C11H13NO3S. The average Bonchev–Trinajstić information content (AvgIpc) is 2.20. The minimum absolute atomic E-state index is 0.106. The third-order valence-corrected chi connectivity index (χ3v) is 2.61. The fourth-order valence-corrected chi connectivity index (χ4v) is 1.44. The van der Waals surface area contributed by atoms with Gasteiger partial charge >= 0.3 is 0 Å². The molecule has 0 amide bonds. The van der Waals surface area contributed by atoms with Crippen molar-refractivity contribution in [2.45, 2.75) is 0 Å². The Bertz CT molecular complexity index is 467. The lowest BCUT2D eigenvalue weighted by atomic mass is 10.3. The van der Waals surface area contributed by atoms with E-state index in [0.29, 0.717) is 6.21 Å². The molecule has 0 atom stereocenters. The predicted octanol–water partition coefficient (Wildman–Crippen LogP) is 1.43. The zero-order valence-corrected chi connectivity index (χ0v) is 9.70. The molecule has 0 spiro atoms. The van der Waals surface area contributed by atoms with Gasteiger partial charge in [0, 0.05) is 6.26 Å². The van der Waals surface area contributed by atoms with Gasteiger partial charge in [0.1, 0.15) is 0 Å². The summed E-state index contributed by atoms with van der Waals surface area (Å²) < 4.78 is 22.4. The van der Waals surface area contributed by atoms with Gasteiger partial charge in [-0.05, 0) is 18.2 Å². The molecule has 0 aliphatic heterocycles. The molecule has 5 heteroatoms. The first-order chi connectivity index (χ1) is 7.41. The second-order valence-electron chi connectivity index (χ2n) is 2.84. The van der Waals surface area contributed by atoms with Gasteiger partial charge in [-0.25, -0.2) is 8.42 Å². The normalized spacial score (nSPS) is 13.2. The van der Waals surface area contributed by atoms with Gasteiger partial charge in [-0.1, -0.05) is 24.8 Å². The highest BCUT2D eigenvalue weighted by atomic mass is 32.2. The zero-order chi connectivity index (χ0) is 12.6. The Morgan fingerprint density at radius 2 is 1.81 bits per heavy atom. The summed E-state index contributed by atoms with van der Waals surface area (Å²) in [5, 5.41) is 6.62. The smallest absolute Gasteiger partial charge is 0.196 e. The molecule has 0 aliphatic rings. The molecule has 1 N–H and O–H groups in total. The van der Waals surface area contributed by atoms with Crippen LogP contribution in [0.25, 0.3) is 0 Å².